The van der Waals surface area contributed by atoms with Crippen LogP contribution in [0.3, 0.4) is 0 Å². The van der Waals surface area contributed by atoms with Gasteiger partial charge in [0.1, 0.15) is 17.9 Å². The molecule has 5 heteroatoms. The maximum Gasteiger partial charge on any atom is 0.341 e. The predicted molar refractivity (Wildman–Crippen MR) is 119 cm³/mol. The van der Waals surface area contributed by atoms with Gasteiger partial charge < -0.3 is 19.1 Å². The van der Waals surface area contributed by atoms with E-state index in [2.05, 4.69) is 17.0 Å². The zero-order valence-corrected chi connectivity index (χ0v) is 17.4. The van der Waals surface area contributed by atoms with Gasteiger partial charge in [-0.05, 0) is 35.4 Å². The average Bonchev–Trinajstić information content (AvgIpc) is 2.81. The lowest BCUT2D eigenvalue weighted by molar-refractivity contribution is -0.133. The number of para-hydroxylation sites is 1. The van der Waals surface area contributed by atoms with Crippen LogP contribution in [0.1, 0.15) is 11.1 Å². The number of nitrogens with zero attached hydrogens (tertiary/aromatic N) is 1. The van der Waals surface area contributed by atoms with E-state index in [1.807, 2.05) is 73.8 Å². The molecule has 0 saturated heterocycles. The lowest BCUT2D eigenvalue weighted by Gasteiger charge is -2.20. The number of hydrogen-bond acceptors (Lipinski definition) is 5. The third-order valence-electron chi connectivity index (χ3n) is 4.69. The summed E-state index contributed by atoms with van der Waals surface area (Å²) in [5, 5.41) is 0. The van der Waals surface area contributed by atoms with E-state index in [1.54, 1.807) is 0 Å². The van der Waals surface area contributed by atoms with Gasteiger partial charge in [-0.2, -0.15) is 0 Å². The molecule has 0 saturated carbocycles. The van der Waals surface area contributed by atoms with Gasteiger partial charge in [0.05, 0.1) is 20.5 Å². The Hall–Kier alpha value is -3.73. The molecule has 3 aromatic carbocycles. The van der Waals surface area contributed by atoms with E-state index < -0.39 is 5.97 Å². The summed E-state index contributed by atoms with van der Waals surface area (Å²) in [7, 11) is 4.86. The SMILES string of the molecule is COC=C(C(=O)OC)c1ccccc1COc1cccc(N(C)c2ccccc2)c1. The van der Waals surface area contributed by atoms with Crippen LogP contribution in [0.25, 0.3) is 5.57 Å². The molecule has 0 aliphatic carbocycles. The number of benzene rings is 3. The summed E-state index contributed by atoms with van der Waals surface area (Å²) < 4.78 is 16.0. The fraction of sp³-hybridized carbons (Fsp3) is 0.160. The number of hydrogen-bond donors (Lipinski definition) is 0. The Kier molecular flexibility index (Phi) is 7.11. The van der Waals surface area contributed by atoms with Crippen molar-refractivity contribution in [1.29, 1.82) is 0 Å². The van der Waals surface area contributed by atoms with E-state index in [0.717, 1.165) is 22.7 Å². The number of ether oxygens (including phenoxy) is 3. The van der Waals surface area contributed by atoms with E-state index in [1.165, 1.54) is 20.5 Å². The van der Waals surface area contributed by atoms with Crippen molar-refractivity contribution < 1.29 is 19.0 Å². The molecule has 0 spiro atoms. The zero-order chi connectivity index (χ0) is 21.3. The lowest BCUT2D eigenvalue weighted by Crippen LogP contribution is -2.10. The topological polar surface area (TPSA) is 48.0 Å². The van der Waals surface area contributed by atoms with Crippen LogP contribution in [0.15, 0.2) is 85.1 Å². The summed E-state index contributed by atoms with van der Waals surface area (Å²) in [5.41, 5.74) is 4.02. The van der Waals surface area contributed by atoms with Crippen molar-refractivity contribution in [3.05, 3.63) is 96.3 Å². The minimum absolute atomic E-state index is 0.298. The van der Waals surface area contributed by atoms with Crippen molar-refractivity contribution >= 4 is 22.9 Å². The molecule has 0 atom stereocenters. The third kappa shape index (κ3) is 5.00. The maximum absolute atomic E-state index is 12.2. The molecule has 0 amide bonds. The van der Waals surface area contributed by atoms with E-state index in [4.69, 9.17) is 14.2 Å². The minimum atomic E-state index is -0.462. The van der Waals surface area contributed by atoms with Crippen LogP contribution in [0.4, 0.5) is 11.4 Å². The van der Waals surface area contributed by atoms with Crippen molar-refractivity contribution in [2.24, 2.45) is 0 Å². The van der Waals surface area contributed by atoms with Crippen LogP contribution in [-0.4, -0.2) is 27.2 Å². The molecule has 3 rings (SSSR count). The van der Waals surface area contributed by atoms with Crippen molar-refractivity contribution in [2.75, 3.05) is 26.2 Å². The second-order valence-corrected chi connectivity index (χ2v) is 6.60. The summed E-state index contributed by atoms with van der Waals surface area (Å²) in [6.07, 6.45) is 1.39. The van der Waals surface area contributed by atoms with Gasteiger partial charge in [0.2, 0.25) is 0 Å². The van der Waals surface area contributed by atoms with Crippen LogP contribution in [0, 0.1) is 0 Å². The normalized spacial score (nSPS) is 11.0. The molecular weight excluding hydrogens is 378 g/mol. The van der Waals surface area contributed by atoms with Gasteiger partial charge in [-0.15, -0.1) is 0 Å². The van der Waals surface area contributed by atoms with Crippen molar-refractivity contribution in [3.8, 4) is 5.75 Å². The van der Waals surface area contributed by atoms with Gasteiger partial charge in [-0.1, -0.05) is 48.5 Å². The molecule has 154 valence electrons. The fourth-order valence-electron chi connectivity index (χ4n) is 3.10. The molecule has 0 N–H and O–H groups in total. The standard InChI is InChI=1S/C25H25NO4/c1-26(20-11-5-4-6-12-20)21-13-9-14-22(16-21)30-17-19-10-7-8-15-23(19)24(18-28-2)25(27)29-3/h4-16,18H,17H2,1-3H3. The van der Waals surface area contributed by atoms with Crippen LogP contribution >= 0.6 is 0 Å². The predicted octanol–water partition coefficient (Wildman–Crippen LogP) is 5.19. The number of esters is 1. The smallest absolute Gasteiger partial charge is 0.341 e. The Morgan fingerprint density at radius 1 is 0.900 bits per heavy atom. The summed E-state index contributed by atoms with van der Waals surface area (Å²) in [4.78, 5) is 14.3. The molecule has 30 heavy (non-hydrogen) atoms. The van der Waals surface area contributed by atoms with E-state index >= 15 is 0 Å². The Labute approximate surface area is 177 Å². The van der Waals surface area contributed by atoms with Crippen LogP contribution in [-0.2, 0) is 20.9 Å². The third-order valence-corrected chi connectivity index (χ3v) is 4.69. The van der Waals surface area contributed by atoms with E-state index in [-0.39, 0.29) is 0 Å². The number of methoxy groups -OCH3 is 2. The molecule has 5 nitrogen and oxygen atoms in total. The highest BCUT2D eigenvalue weighted by molar-refractivity contribution is 6.16. The van der Waals surface area contributed by atoms with Gasteiger partial charge >= 0.3 is 5.97 Å². The molecule has 3 aromatic rings. The number of carbonyl (C=O) groups excluding carboxylic acids is 1. The Balaban J connectivity index is 1.80. The molecule has 0 unspecified atom stereocenters. The number of carbonyl (C=O) groups is 1. The molecule has 0 aliphatic rings. The molecule has 0 aliphatic heterocycles. The van der Waals surface area contributed by atoms with Gasteiger partial charge in [-0.25, -0.2) is 4.79 Å². The van der Waals surface area contributed by atoms with Crippen LogP contribution in [0.2, 0.25) is 0 Å². The summed E-state index contributed by atoms with van der Waals surface area (Å²) in [6, 6.07) is 25.6. The number of rotatable bonds is 8. The molecule has 0 aromatic heterocycles. The largest absolute Gasteiger partial charge is 0.503 e. The van der Waals surface area contributed by atoms with Crippen molar-refractivity contribution in [3.63, 3.8) is 0 Å². The Morgan fingerprint density at radius 2 is 1.60 bits per heavy atom. The summed E-state index contributed by atoms with van der Waals surface area (Å²) in [5.74, 6) is 0.274. The fourth-order valence-corrected chi connectivity index (χ4v) is 3.10. The highest BCUT2D eigenvalue weighted by Crippen LogP contribution is 2.28. The van der Waals surface area contributed by atoms with Gasteiger partial charge in [0, 0.05) is 24.5 Å². The molecule has 0 radical (unpaired) electrons. The van der Waals surface area contributed by atoms with Crippen LogP contribution < -0.4 is 9.64 Å². The second-order valence-electron chi connectivity index (χ2n) is 6.60. The molecule has 0 heterocycles. The highest BCUT2D eigenvalue weighted by Gasteiger charge is 2.17. The first-order valence-electron chi connectivity index (χ1n) is 9.55. The first kappa shape index (κ1) is 21.0. The molecule has 0 fully saturated rings. The van der Waals surface area contributed by atoms with Crippen LogP contribution in [0.5, 0.6) is 5.75 Å². The quantitative estimate of drug-likeness (QED) is 0.294. The first-order chi connectivity index (χ1) is 14.6. The summed E-state index contributed by atoms with van der Waals surface area (Å²) >= 11 is 0. The number of anilines is 2. The van der Waals surface area contributed by atoms with Crippen molar-refractivity contribution in [1.82, 2.24) is 0 Å². The monoisotopic (exact) mass is 403 g/mol. The Bertz CT molecular complexity index is 1010. The second kappa shape index (κ2) is 10.2. The zero-order valence-electron chi connectivity index (χ0n) is 17.4. The van der Waals surface area contributed by atoms with Gasteiger partial charge in [-0.3, -0.25) is 0 Å². The highest BCUT2D eigenvalue weighted by atomic mass is 16.5. The molecule has 0 bridgehead atoms. The van der Waals surface area contributed by atoms with Crippen molar-refractivity contribution in [2.45, 2.75) is 6.61 Å². The molecular formula is C25H25NO4. The lowest BCUT2D eigenvalue weighted by atomic mass is 10.0. The Morgan fingerprint density at radius 3 is 2.33 bits per heavy atom. The first-order valence-corrected chi connectivity index (χ1v) is 9.55. The summed E-state index contributed by atoms with van der Waals surface area (Å²) in [6.45, 7) is 0.298. The maximum atomic E-state index is 12.2. The van der Waals surface area contributed by atoms with Gasteiger partial charge in [0.15, 0.2) is 0 Å². The minimum Gasteiger partial charge on any atom is -0.503 e. The van der Waals surface area contributed by atoms with E-state index in [0.29, 0.717) is 17.7 Å². The van der Waals surface area contributed by atoms with E-state index in [9.17, 15) is 4.79 Å². The average molecular weight is 403 g/mol. The van der Waals surface area contributed by atoms with Gasteiger partial charge in [0.25, 0.3) is 0 Å².